The van der Waals surface area contributed by atoms with Crippen LogP contribution in [0.15, 0.2) is 12.7 Å². The molecule has 0 radical (unpaired) electrons. The van der Waals surface area contributed by atoms with Gasteiger partial charge in [0.2, 0.25) is 5.91 Å². The molecule has 4 heteroatoms. The first-order valence-electron chi connectivity index (χ1n) is 5.34. The molecular weight excluding hydrogens is 192 g/mol. The van der Waals surface area contributed by atoms with E-state index in [1.54, 1.807) is 13.2 Å². The number of carbonyl (C=O) groups is 1. The smallest absolute Gasteiger partial charge is 0.234 e. The Bertz CT molecular complexity index is 177. The topological polar surface area (TPSA) is 50.4 Å². The van der Waals surface area contributed by atoms with Gasteiger partial charge in [-0.25, -0.2) is 0 Å². The van der Waals surface area contributed by atoms with Gasteiger partial charge in [-0.3, -0.25) is 4.79 Å². The fourth-order valence-corrected chi connectivity index (χ4v) is 1.31. The molecule has 0 saturated heterocycles. The number of ether oxygens (including phenoxy) is 1. The minimum atomic E-state index is 0.00681. The summed E-state index contributed by atoms with van der Waals surface area (Å²) in [7, 11) is 1.64. The van der Waals surface area contributed by atoms with Crippen molar-refractivity contribution in [2.24, 2.45) is 0 Å². The van der Waals surface area contributed by atoms with E-state index in [1.807, 2.05) is 0 Å². The monoisotopic (exact) mass is 214 g/mol. The number of carbonyl (C=O) groups excluding carboxylic acids is 1. The average molecular weight is 214 g/mol. The summed E-state index contributed by atoms with van der Waals surface area (Å²) < 4.78 is 5.03. The van der Waals surface area contributed by atoms with Crippen LogP contribution < -0.4 is 10.6 Å². The van der Waals surface area contributed by atoms with Gasteiger partial charge in [0.1, 0.15) is 0 Å². The van der Waals surface area contributed by atoms with Crippen LogP contribution in [-0.4, -0.2) is 38.8 Å². The maximum Gasteiger partial charge on any atom is 0.234 e. The first-order valence-corrected chi connectivity index (χ1v) is 5.34. The average Bonchev–Trinajstić information content (AvgIpc) is 2.19. The van der Waals surface area contributed by atoms with E-state index in [0.29, 0.717) is 19.7 Å². The van der Waals surface area contributed by atoms with E-state index in [9.17, 15) is 4.79 Å². The Morgan fingerprint density at radius 2 is 2.33 bits per heavy atom. The van der Waals surface area contributed by atoms with Crippen LogP contribution >= 0.6 is 0 Å². The molecule has 1 atom stereocenters. The summed E-state index contributed by atoms with van der Waals surface area (Å²) >= 11 is 0. The summed E-state index contributed by atoms with van der Waals surface area (Å²) in [4.78, 5) is 11.4. The van der Waals surface area contributed by atoms with E-state index in [2.05, 4.69) is 24.1 Å². The molecule has 2 N–H and O–H groups in total. The Kier molecular flexibility index (Phi) is 9.11. The lowest BCUT2D eigenvalue weighted by atomic mass is 10.2. The van der Waals surface area contributed by atoms with Crippen molar-refractivity contribution in [2.45, 2.75) is 25.8 Å². The molecule has 1 unspecified atom stereocenters. The zero-order chi connectivity index (χ0) is 11.5. The predicted molar refractivity (Wildman–Crippen MR) is 61.8 cm³/mol. The van der Waals surface area contributed by atoms with Gasteiger partial charge in [-0.2, -0.15) is 0 Å². The van der Waals surface area contributed by atoms with E-state index in [0.717, 1.165) is 12.8 Å². The van der Waals surface area contributed by atoms with Crippen molar-refractivity contribution in [2.75, 3.05) is 26.8 Å². The van der Waals surface area contributed by atoms with Gasteiger partial charge in [-0.05, 0) is 6.42 Å². The number of rotatable bonds is 9. The van der Waals surface area contributed by atoms with Crippen LogP contribution in [0.2, 0.25) is 0 Å². The maximum atomic E-state index is 11.4. The van der Waals surface area contributed by atoms with Crippen molar-refractivity contribution in [3.05, 3.63) is 12.7 Å². The predicted octanol–water partition coefficient (Wildman–Crippen LogP) is 0.693. The molecule has 0 aromatic carbocycles. The van der Waals surface area contributed by atoms with Gasteiger partial charge >= 0.3 is 0 Å². The van der Waals surface area contributed by atoms with E-state index in [1.165, 1.54) is 0 Å². The Labute approximate surface area is 92.1 Å². The molecule has 0 saturated carbocycles. The Balaban J connectivity index is 3.72. The number of amides is 1. The van der Waals surface area contributed by atoms with Gasteiger partial charge in [0.25, 0.3) is 0 Å². The molecule has 0 aromatic rings. The van der Waals surface area contributed by atoms with Gasteiger partial charge in [-0.15, -0.1) is 6.58 Å². The molecule has 0 rings (SSSR count). The Morgan fingerprint density at radius 3 is 2.87 bits per heavy atom. The number of nitrogens with one attached hydrogen (secondary N) is 2. The van der Waals surface area contributed by atoms with Gasteiger partial charge in [0, 0.05) is 13.7 Å². The lowest BCUT2D eigenvalue weighted by Crippen LogP contribution is -2.42. The van der Waals surface area contributed by atoms with Gasteiger partial charge in [0.15, 0.2) is 0 Å². The van der Waals surface area contributed by atoms with Crippen LogP contribution in [0.3, 0.4) is 0 Å². The van der Waals surface area contributed by atoms with Gasteiger partial charge < -0.3 is 15.4 Å². The van der Waals surface area contributed by atoms with Crippen molar-refractivity contribution in [1.29, 1.82) is 0 Å². The highest BCUT2D eigenvalue weighted by Crippen LogP contribution is 1.96. The second-order valence-corrected chi connectivity index (χ2v) is 3.43. The van der Waals surface area contributed by atoms with Crippen LogP contribution in [0.25, 0.3) is 0 Å². The summed E-state index contributed by atoms with van der Waals surface area (Å²) in [5, 5.41) is 5.87. The molecule has 0 aromatic heterocycles. The zero-order valence-electron chi connectivity index (χ0n) is 9.71. The Hall–Kier alpha value is -0.870. The molecule has 0 aliphatic carbocycles. The summed E-state index contributed by atoms with van der Waals surface area (Å²) in [6.07, 6.45) is 3.71. The third-order valence-corrected chi connectivity index (χ3v) is 1.94. The SMILES string of the molecule is C=CCNCC(=O)NC(CCC)COC. The number of hydrogen-bond donors (Lipinski definition) is 2. The van der Waals surface area contributed by atoms with E-state index in [-0.39, 0.29) is 11.9 Å². The van der Waals surface area contributed by atoms with Gasteiger partial charge in [0.05, 0.1) is 19.2 Å². The van der Waals surface area contributed by atoms with E-state index >= 15 is 0 Å². The van der Waals surface area contributed by atoms with Crippen LogP contribution in [-0.2, 0) is 9.53 Å². The van der Waals surface area contributed by atoms with Crippen molar-refractivity contribution in [1.82, 2.24) is 10.6 Å². The van der Waals surface area contributed by atoms with Crippen molar-refractivity contribution in [3.8, 4) is 0 Å². The quantitative estimate of drug-likeness (QED) is 0.438. The first kappa shape index (κ1) is 14.1. The lowest BCUT2D eigenvalue weighted by Gasteiger charge is -2.17. The van der Waals surface area contributed by atoms with Crippen LogP contribution in [0, 0.1) is 0 Å². The van der Waals surface area contributed by atoms with Crippen molar-refractivity contribution >= 4 is 5.91 Å². The van der Waals surface area contributed by atoms with Gasteiger partial charge in [-0.1, -0.05) is 19.4 Å². The first-order chi connectivity index (χ1) is 7.24. The van der Waals surface area contributed by atoms with Crippen LogP contribution in [0.1, 0.15) is 19.8 Å². The van der Waals surface area contributed by atoms with Crippen LogP contribution in [0.5, 0.6) is 0 Å². The largest absolute Gasteiger partial charge is 0.383 e. The maximum absolute atomic E-state index is 11.4. The molecule has 0 aliphatic heterocycles. The molecule has 0 bridgehead atoms. The third kappa shape index (κ3) is 8.15. The highest BCUT2D eigenvalue weighted by atomic mass is 16.5. The summed E-state index contributed by atoms with van der Waals surface area (Å²) in [5.41, 5.74) is 0. The summed E-state index contributed by atoms with van der Waals surface area (Å²) in [6.45, 7) is 7.20. The molecule has 15 heavy (non-hydrogen) atoms. The fraction of sp³-hybridized carbons (Fsp3) is 0.727. The highest BCUT2D eigenvalue weighted by Gasteiger charge is 2.10. The Morgan fingerprint density at radius 1 is 1.60 bits per heavy atom. The number of methoxy groups -OCH3 is 1. The minimum Gasteiger partial charge on any atom is -0.383 e. The minimum absolute atomic E-state index is 0.00681. The molecule has 0 fully saturated rings. The number of hydrogen-bond acceptors (Lipinski definition) is 3. The molecule has 0 spiro atoms. The molecule has 88 valence electrons. The van der Waals surface area contributed by atoms with E-state index in [4.69, 9.17) is 4.74 Å². The zero-order valence-corrected chi connectivity index (χ0v) is 9.71. The molecule has 0 aliphatic rings. The molecule has 0 heterocycles. The summed E-state index contributed by atoms with van der Waals surface area (Å²) in [5.74, 6) is 0.00681. The standard InChI is InChI=1S/C11H22N2O2/c1-4-6-10(9-15-3)13-11(14)8-12-7-5-2/h5,10,12H,2,4,6-9H2,1,3H3,(H,13,14). The van der Waals surface area contributed by atoms with Crippen molar-refractivity contribution < 1.29 is 9.53 Å². The molecule has 4 nitrogen and oxygen atoms in total. The molecular formula is C11H22N2O2. The van der Waals surface area contributed by atoms with Crippen molar-refractivity contribution in [3.63, 3.8) is 0 Å². The van der Waals surface area contributed by atoms with Crippen LogP contribution in [0.4, 0.5) is 0 Å². The second-order valence-electron chi connectivity index (χ2n) is 3.43. The molecule has 1 amide bonds. The fourth-order valence-electron chi connectivity index (χ4n) is 1.31. The lowest BCUT2D eigenvalue weighted by molar-refractivity contribution is -0.121. The third-order valence-electron chi connectivity index (χ3n) is 1.94. The second kappa shape index (κ2) is 9.68. The summed E-state index contributed by atoms with van der Waals surface area (Å²) in [6, 6.07) is 0.123. The normalized spacial score (nSPS) is 12.1. The van der Waals surface area contributed by atoms with E-state index < -0.39 is 0 Å². The highest BCUT2D eigenvalue weighted by molar-refractivity contribution is 5.78.